The lowest BCUT2D eigenvalue weighted by Crippen LogP contribution is -2.21. The van der Waals surface area contributed by atoms with Crippen molar-refractivity contribution in [3.05, 3.63) is 44.5 Å². The van der Waals surface area contributed by atoms with E-state index in [-0.39, 0.29) is 11.0 Å². The molecule has 0 bridgehead atoms. The molecule has 86 valence electrons. The van der Waals surface area contributed by atoms with Crippen LogP contribution in [0.5, 0.6) is 0 Å². The number of rotatable bonds is 4. The van der Waals surface area contributed by atoms with Crippen LogP contribution < -0.4 is 0 Å². The molecule has 0 aliphatic rings. The number of azide groups is 1. The molecule has 0 radical (unpaired) electrons. The predicted molar refractivity (Wildman–Crippen MR) is 59.1 cm³/mol. The summed E-state index contributed by atoms with van der Waals surface area (Å²) in [4.78, 5) is 2.47. The normalized spacial score (nSPS) is 14.0. The highest BCUT2D eigenvalue weighted by molar-refractivity contribution is 9.10. The Kier molecular flexibility index (Phi) is 4.70. The van der Waals surface area contributed by atoms with Gasteiger partial charge in [-0.25, -0.2) is 4.39 Å². The highest BCUT2D eigenvalue weighted by Crippen LogP contribution is 2.23. The van der Waals surface area contributed by atoms with Crippen molar-refractivity contribution in [3.63, 3.8) is 0 Å². The minimum absolute atomic E-state index is 0.194. The van der Waals surface area contributed by atoms with Crippen molar-refractivity contribution in [1.82, 2.24) is 0 Å². The number of aliphatic hydroxyl groups excluding tert-OH is 2. The molecule has 0 heterocycles. The van der Waals surface area contributed by atoms with E-state index in [0.29, 0.717) is 5.56 Å². The first-order valence-electron chi connectivity index (χ1n) is 4.38. The molecule has 16 heavy (non-hydrogen) atoms. The van der Waals surface area contributed by atoms with Crippen LogP contribution in [0.3, 0.4) is 0 Å². The number of halogens is 2. The Balaban J connectivity index is 2.82. The van der Waals surface area contributed by atoms with Crippen LogP contribution in [0.15, 0.2) is 27.8 Å². The molecule has 0 spiro atoms. The lowest BCUT2D eigenvalue weighted by molar-refractivity contribution is 0.0243. The van der Waals surface area contributed by atoms with E-state index >= 15 is 0 Å². The predicted octanol–water partition coefficient (Wildman–Crippen LogP) is 2.29. The summed E-state index contributed by atoms with van der Waals surface area (Å²) in [6.45, 7) is -0.243. The molecule has 0 saturated heterocycles. The van der Waals surface area contributed by atoms with Crippen LogP contribution in [-0.4, -0.2) is 22.9 Å². The van der Waals surface area contributed by atoms with Gasteiger partial charge in [-0.05, 0) is 39.2 Å². The maximum absolute atomic E-state index is 12.9. The standard InChI is InChI=1S/C9H9BrFN3O2/c10-6-3-5(1-2-7(6)11)9(16)8(15)4-13-14-12/h1-3,8-9,15-16H,4H2. The van der Waals surface area contributed by atoms with Gasteiger partial charge in [-0.15, -0.1) is 0 Å². The third-order valence-corrected chi connectivity index (χ3v) is 2.59. The Morgan fingerprint density at radius 2 is 2.19 bits per heavy atom. The summed E-state index contributed by atoms with van der Waals surface area (Å²) >= 11 is 2.97. The van der Waals surface area contributed by atoms with Gasteiger partial charge in [0.2, 0.25) is 0 Å². The number of benzene rings is 1. The third kappa shape index (κ3) is 3.18. The second-order valence-corrected chi connectivity index (χ2v) is 3.95. The smallest absolute Gasteiger partial charge is 0.137 e. The number of nitrogens with zero attached hydrogens (tertiary/aromatic N) is 3. The van der Waals surface area contributed by atoms with Crippen molar-refractivity contribution in [2.45, 2.75) is 12.2 Å². The fraction of sp³-hybridized carbons (Fsp3) is 0.333. The Bertz CT molecular complexity index is 423. The quantitative estimate of drug-likeness (QED) is 0.506. The van der Waals surface area contributed by atoms with Gasteiger partial charge in [0, 0.05) is 4.91 Å². The molecule has 1 aromatic carbocycles. The van der Waals surface area contributed by atoms with Crippen LogP contribution in [0.25, 0.3) is 10.4 Å². The molecular weight excluding hydrogens is 281 g/mol. The highest BCUT2D eigenvalue weighted by Gasteiger charge is 2.18. The average Bonchev–Trinajstić information content (AvgIpc) is 2.28. The fourth-order valence-electron chi connectivity index (χ4n) is 1.14. The minimum Gasteiger partial charge on any atom is -0.390 e. The Labute approximate surface area is 99.3 Å². The summed E-state index contributed by atoms with van der Waals surface area (Å²) in [6, 6.07) is 3.88. The fourth-order valence-corrected chi connectivity index (χ4v) is 1.54. The Morgan fingerprint density at radius 1 is 1.50 bits per heavy atom. The molecule has 0 amide bonds. The van der Waals surface area contributed by atoms with Crippen LogP contribution in [0.2, 0.25) is 0 Å². The van der Waals surface area contributed by atoms with E-state index < -0.39 is 18.0 Å². The van der Waals surface area contributed by atoms with Crippen molar-refractivity contribution in [1.29, 1.82) is 0 Å². The van der Waals surface area contributed by atoms with E-state index in [1.54, 1.807) is 0 Å². The Morgan fingerprint density at radius 3 is 2.75 bits per heavy atom. The summed E-state index contributed by atoms with van der Waals surface area (Å²) in [6.07, 6.45) is -2.43. The molecule has 0 aliphatic carbocycles. The van der Waals surface area contributed by atoms with Crippen molar-refractivity contribution >= 4 is 15.9 Å². The van der Waals surface area contributed by atoms with Gasteiger partial charge in [-0.2, -0.15) is 0 Å². The average molecular weight is 290 g/mol. The molecule has 2 atom stereocenters. The summed E-state index contributed by atoms with van der Waals surface area (Å²) in [7, 11) is 0. The van der Waals surface area contributed by atoms with E-state index in [4.69, 9.17) is 5.53 Å². The van der Waals surface area contributed by atoms with Gasteiger partial charge in [-0.3, -0.25) is 0 Å². The maximum Gasteiger partial charge on any atom is 0.137 e. The second kappa shape index (κ2) is 5.81. The molecule has 0 fully saturated rings. The molecule has 2 unspecified atom stereocenters. The molecule has 2 N–H and O–H groups in total. The van der Waals surface area contributed by atoms with Crippen LogP contribution in [-0.2, 0) is 0 Å². The van der Waals surface area contributed by atoms with Crippen LogP contribution in [0.1, 0.15) is 11.7 Å². The summed E-state index contributed by atoms with van der Waals surface area (Å²) in [5.74, 6) is -0.458. The van der Waals surface area contributed by atoms with Gasteiger partial charge in [0.15, 0.2) is 0 Å². The lowest BCUT2D eigenvalue weighted by Gasteiger charge is -2.16. The molecule has 0 aromatic heterocycles. The molecule has 0 saturated carbocycles. The first kappa shape index (κ1) is 12.9. The molecule has 7 heteroatoms. The zero-order valence-electron chi connectivity index (χ0n) is 8.09. The maximum atomic E-state index is 12.9. The zero-order chi connectivity index (χ0) is 12.1. The van der Waals surface area contributed by atoms with Gasteiger partial charge < -0.3 is 10.2 Å². The molecule has 5 nitrogen and oxygen atoms in total. The van der Waals surface area contributed by atoms with Crippen molar-refractivity contribution in [2.75, 3.05) is 6.54 Å². The van der Waals surface area contributed by atoms with Gasteiger partial charge in [-0.1, -0.05) is 11.2 Å². The minimum atomic E-state index is -1.22. The van der Waals surface area contributed by atoms with Crippen LogP contribution in [0, 0.1) is 5.82 Å². The van der Waals surface area contributed by atoms with E-state index in [2.05, 4.69) is 26.0 Å². The molecule has 1 rings (SSSR count). The van der Waals surface area contributed by atoms with Gasteiger partial charge >= 0.3 is 0 Å². The van der Waals surface area contributed by atoms with Gasteiger partial charge in [0.1, 0.15) is 11.9 Å². The van der Waals surface area contributed by atoms with Crippen LogP contribution in [0.4, 0.5) is 4.39 Å². The first-order chi connectivity index (χ1) is 7.56. The molecule has 0 aliphatic heterocycles. The second-order valence-electron chi connectivity index (χ2n) is 3.10. The van der Waals surface area contributed by atoms with E-state index in [1.165, 1.54) is 18.2 Å². The van der Waals surface area contributed by atoms with Crippen molar-refractivity contribution < 1.29 is 14.6 Å². The van der Waals surface area contributed by atoms with E-state index in [0.717, 1.165) is 0 Å². The van der Waals surface area contributed by atoms with Crippen molar-refractivity contribution in [2.24, 2.45) is 5.11 Å². The molecule has 1 aromatic rings. The van der Waals surface area contributed by atoms with E-state index in [1.807, 2.05) is 0 Å². The monoisotopic (exact) mass is 289 g/mol. The van der Waals surface area contributed by atoms with Gasteiger partial charge in [0.05, 0.1) is 17.1 Å². The topological polar surface area (TPSA) is 89.2 Å². The van der Waals surface area contributed by atoms with Crippen LogP contribution >= 0.6 is 15.9 Å². The van der Waals surface area contributed by atoms with Gasteiger partial charge in [0.25, 0.3) is 0 Å². The van der Waals surface area contributed by atoms with E-state index in [9.17, 15) is 14.6 Å². The highest BCUT2D eigenvalue weighted by atomic mass is 79.9. The molecular formula is C9H9BrFN3O2. The third-order valence-electron chi connectivity index (χ3n) is 1.98. The number of hydrogen-bond donors (Lipinski definition) is 2. The zero-order valence-corrected chi connectivity index (χ0v) is 9.67. The SMILES string of the molecule is [N-]=[N+]=NCC(O)C(O)c1ccc(F)c(Br)c1. The largest absolute Gasteiger partial charge is 0.390 e. The first-order valence-corrected chi connectivity index (χ1v) is 5.17. The number of hydrogen-bond acceptors (Lipinski definition) is 3. The lowest BCUT2D eigenvalue weighted by atomic mass is 10.0. The number of aliphatic hydroxyl groups is 2. The van der Waals surface area contributed by atoms with Crippen molar-refractivity contribution in [3.8, 4) is 0 Å². The summed E-state index contributed by atoms with van der Waals surface area (Å²) in [5, 5.41) is 22.2. The Hall–Kier alpha value is -1.14. The summed E-state index contributed by atoms with van der Waals surface area (Å²) in [5.41, 5.74) is 8.40. The summed E-state index contributed by atoms with van der Waals surface area (Å²) < 4.78 is 13.1.